The normalized spacial score (nSPS) is 11.2. The Bertz CT molecular complexity index is 889. The fourth-order valence-electron chi connectivity index (χ4n) is 2.13. The molecule has 0 bridgehead atoms. The number of hydrogen-bond donors (Lipinski definition) is 2. The first-order chi connectivity index (χ1) is 12.8. The number of hydrazine groups is 1. The van der Waals surface area contributed by atoms with Crippen molar-refractivity contribution in [2.75, 3.05) is 13.6 Å². The van der Waals surface area contributed by atoms with Gasteiger partial charge in [0.05, 0.1) is 4.90 Å². The van der Waals surface area contributed by atoms with E-state index in [0.29, 0.717) is 17.0 Å². The molecule has 8 nitrogen and oxygen atoms in total. The molecular weight excluding hydrogens is 392 g/mol. The highest BCUT2D eigenvalue weighted by atomic mass is 35.5. The van der Waals surface area contributed by atoms with Crippen molar-refractivity contribution in [3.05, 3.63) is 59.4 Å². The van der Waals surface area contributed by atoms with E-state index in [0.717, 1.165) is 0 Å². The molecule has 2 amide bonds. The van der Waals surface area contributed by atoms with Crippen LogP contribution in [0.4, 0.5) is 0 Å². The summed E-state index contributed by atoms with van der Waals surface area (Å²) in [4.78, 5) is 27.5. The monoisotopic (exact) mass is 410 g/mol. The summed E-state index contributed by atoms with van der Waals surface area (Å²) in [5.41, 5.74) is 4.94. The van der Waals surface area contributed by atoms with Crippen molar-refractivity contribution in [3.63, 3.8) is 0 Å². The fraction of sp³-hybridized carbons (Fsp3) is 0.235. The minimum Gasteiger partial charge on any atom is -0.273 e. The number of nitrogens with one attached hydrogen (secondary N) is 2. The third-order valence-electron chi connectivity index (χ3n) is 3.66. The predicted octanol–water partition coefficient (Wildman–Crippen LogP) is 1.60. The summed E-state index contributed by atoms with van der Waals surface area (Å²) < 4.78 is 26.0. The molecule has 2 aromatic rings. The number of carbonyl (C=O) groups excluding carboxylic acids is 2. The Morgan fingerprint density at radius 3 is 2.33 bits per heavy atom. The van der Waals surface area contributed by atoms with Crippen molar-refractivity contribution < 1.29 is 18.0 Å². The van der Waals surface area contributed by atoms with E-state index >= 15 is 0 Å². The van der Waals surface area contributed by atoms with E-state index in [1.54, 1.807) is 0 Å². The third-order valence-corrected chi connectivity index (χ3v) is 5.78. The zero-order valence-corrected chi connectivity index (χ0v) is 16.1. The number of amides is 2. The van der Waals surface area contributed by atoms with Crippen LogP contribution >= 0.6 is 11.6 Å². The SMILES string of the molecule is CN(CCCC(=O)NNC(=O)c1ccncc1)S(=O)(=O)c1ccc(Cl)cc1. The standard InChI is InChI=1S/C17H19ClN4O4S/c1-22(27(25,26)15-6-4-14(18)5-7-15)12-2-3-16(23)20-21-17(24)13-8-10-19-11-9-13/h4-11H,2-3,12H2,1H3,(H,20,23)(H,21,24). The maximum Gasteiger partial charge on any atom is 0.269 e. The first-order valence-electron chi connectivity index (χ1n) is 8.02. The predicted molar refractivity (Wildman–Crippen MR) is 100 cm³/mol. The number of nitrogens with zero attached hydrogens (tertiary/aromatic N) is 2. The second-order valence-electron chi connectivity index (χ2n) is 5.62. The second-order valence-corrected chi connectivity index (χ2v) is 8.10. The maximum absolute atomic E-state index is 12.4. The number of sulfonamides is 1. The van der Waals surface area contributed by atoms with Gasteiger partial charge in [-0.15, -0.1) is 0 Å². The zero-order valence-electron chi connectivity index (χ0n) is 14.6. The van der Waals surface area contributed by atoms with Crippen LogP contribution in [-0.4, -0.2) is 43.1 Å². The molecule has 2 N–H and O–H groups in total. The van der Waals surface area contributed by atoms with Crippen LogP contribution in [0.2, 0.25) is 5.02 Å². The number of benzene rings is 1. The smallest absolute Gasteiger partial charge is 0.269 e. The molecule has 1 aromatic heterocycles. The lowest BCUT2D eigenvalue weighted by molar-refractivity contribution is -0.122. The molecule has 144 valence electrons. The molecule has 0 radical (unpaired) electrons. The highest BCUT2D eigenvalue weighted by Gasteiger charge is 2.20. The lowest BCUT2D eigenvalue weighted by Crippen LogP contribution is -2.41. The number of rotatable bonds is 7. The van der Waals surface area contributed by atoms with E-state index in [1.165, 1.54) is 60.1 Å². The first-order valence-corrected chi connectivity index (χ1v) is 9.83. The molecule has 0 saturated carbocycles. The summed E-state index contributed by atoms with van der Waals surface area (Å²) in [5.74, 6) is -0.886. The molecule has 27 heavy (non-hydrogen) atoms. The van der Waals surface area contributed by atoms with Gasteiger partial charge in [0.25, 0.3) is 5.91 Å². The minimum absolute atomic E-state index is 0.0527. The molecule has 0 fully saturated rings. The highest BCUT2D eigenvalue weighted by Crippen LogP contribution is 2.17. The van der Waals surface area contributed by atoms with Crippen LogP contribution in [-0.2, 0) is 14.8 Å². The molecule has 0 spiro atoms. The first kappa shape index (κ1) is 20.8. The van der Waals surface area contributed by atoms with Crippen molar-refractivity contribution in [1.29, 1.82) is 0 Å². The molecule has 1 heterocycles. The molecule has 0 unspecified atom stereocenters. The van der Waals surface area contributed by atoms with Gasteiger partial charge in [0.2, 0.25) is 15.9 Å². The van der Waals surface area contributed by atoms with Gasteiger partial charge in [-0.2, -0.15) is 0 Å². The lowest BCUT2D eigenvalue weighted by Gasteiger charge is -2.17. The molecule has 0 aliphatic rings. The van der Waals surface area contributed by atoms with Gasteiger partial charge in [0, 0.05) is 43.0 Å². The van der Waals surface area contributed by atoms with Crippen molar-refractivity contribution in [3.8, 4) is 0 Å². The lowest BCUT2D eigenvalue weighted by atomic mass is 10.2. The topological polar surface area (TPSA) is 108 Å². The number of aromatic nitrogens is 1. The van der Waals surface area contributed by atoms with Crippen LogP contribution in [0.1, 0.15) is 23.2 Å². The van der Waals surface area contributed by atoms with Gasteiger partial charge in [0.1, 0.15) is 0 Å². The Morgan fingerprint density at radius 1 is 1.07 bits per heavy atom. The minimum atomic E-state index is -3.65. The summed E-state index contributed by atoms with van der Waals surface area (Å²) in [6.07, 6.45) is 3.28. The van der Waals surface area contributed by atoms with Crippen molar-refractivity contribution in [2.24, 2.45) is 0 Å². The third kappa shape index (κ3) is 6.02. The van der Waals surface area contributed by atoms with E-state index in [1.807, 2.05) is 0 Å². The van der Waals surface area contributed by atoms with E-state index in [9.17, 15) is 18.0 Å². The van der Waals surface area contributed by atoms with E-state index in [2.05, 4.69) is 15.8 Å². The van der Waals surface area contributed by atoms with Gasteiger partial charge in [0.15, 0.2) is 0 Å². The Balaban J connectivity index is 1.77. The van der Waals surface area contributed by atoms with E-state index < -0.39 is 21.8 Å². The van der Waals surface area contributed by atoms with Crippen molar-refractivity contribution >= 4 is 33.4 Å². The number of carbonyl (C=O) groups is 2. The summed E-state index contributed by atoms with van der Waals surface area (Å²) in [5, 5.41) is 0.446. The molecular formula is C17H19ClN4O4S. The molecule has 10 heteroatoms. The summed E-state index contributed by atoms with van der Waals surface area (Å²) >= 11 is 5.76. The molecule has 0 atom stereocenters. The quantitative estimate of drug-likeness (QED) is 0.674. The van der Waals surface area contributed by atoms with Crippen LogP contribution in [0, 0.1) is 0 Å². The summed E-state index contributed by atoms with van der Waals surface area (Å²) in [6, 6.07) is 8.88. The Labute approximate surface area is 162 Å². The van der Waals surface area contributed by atoms with E-state index in [-0.39, 0.29) is 17.9 Å². The Morgan fingerprint density at radius 2 is 1.70 bits per heavy atom. The molecule has 0 saturated heterocycles. The Hall–Kier alpha value is -2.49. The van der Waals surface area contributed by atoms with Gasteiger partial charge in [-0.25, -0.2) is 12.7 Å². The van der Waals surface area contributed by atoms with Gasteiger partial charge in [-0.05, 0) is 42.8 Å². The van der Waals surface area contributed by atoms with E-state index in [4.69, 9.17) is 11.6 Å². The van der Waals surface area contributed by atoms with Crippen LogP contribution < -0.4 is 10.9 Å². The molecule has 0 aliphatic heterocycles. The maximum atomic E-state index is 12.4. The fourth-order valence-corrected chi connectivity index (χ4v) is 3.47. The highest BCUT2D eigenvalue weighted by molar-refractivity contribution is 7.89. The van der Waals surface area contributed by atoms with Gasteiger partial charge in [-0.3, -0.25) is 25.4 Å². The molecule has 1 aromatic carbocycles. The van der Waals surface area contributed by atoms with Gasteiger partial charge in [-0.1, -0.05) is 11.6 Å². The van der Waals surface area contributed by atoms with Crippen LogP contribution in [0.3, 0.4) is 0 Å². The van der Waals surface area contributed by atoms with Crippen LogP contribution in [0.25, 0.3) is 0 Å². The summed E-state index contributed by atoms with van der Waals surface area (Å²) in [6.45, 7) is 0.149. The zero-order chi connectivity index (χ0) is 19.9. The average Bonchev–Trinajstić information content (AvgIpc) is 2.67. The van der Waals surface area contributed by atoms with Crippen molar-refractivity contribution in [2.45, 2.75) is 17.7 Å². The van der Waals surface area contributed by atoms with Crippen LogP contribution in [0.5, 0.6) is 0 Å². The number of hydrogen-bond acceptors (Lipinski definition) is 5. The number of halogens is 1. The molecule has 2 rings (SSSR count). The summed E-state index contributed by atoms with van der Waals surface area (Å²) in [7, 11) is -2.21. The largest absolute Gasteiger partial charge is 0.273 e. The average molecular weight is 411 g/mol. The second kappa shape index (κ2) is 9.45. The van der Waals surface area contributed by atoms with Gasteiger partial charge >= 0.3 is 0 Å². The number of pyridine rings is 1. The van der Waals surface area contributed by atoms with Crippen LogP contribution in [0.15, 0.2) is 53.7 Å². The Kier molecular flexibility index (Phi) is 7.28. The van der Waals surface area contributed by atoms with Crippen molar-refractivity contribution in [1.82, 2.24) is 20.1 Å². The van der Waals surface area contributed by atoms with Gasteiger partial charge < -0.3 is 0 Å². The molecule has 0 aliphatic carbocycles.